The van der Waals surface area contributed by atoms with Crippen LogP contribution in [0.1, 0.15) is 41.3 Å². The second-order valence-corrected chi connectivity index (χ2v) is 5.06. The van der Waals surface area contributed by atoms with Gasteiger partial charge in [0.1, 0.15) is 5.75 Å². The van der Waals surface area contributed by atoms with Crippen molar-refractivity contribution in [3.63, 3.8) is 0 Å². The predicted octanol–water partition coefficient (Wildman–Crippen LogP) is 3.63. The fourth-order valence-corrected chi connectivity index (χ4v) is 2.03. The minimum atomic E-state index is -0.0864. The molecule has 0 aliphatic rings. The van der Waals surface area contributed by atoms with Crippen molar-refractivity contribution in [1.82, 2.24) is 0 Å². The summed E-state index contributed by atoms with van der Waals surface area (Å²) in [4.78, 5) is 12.5. The quantitative estimate of drug-likeness (QED) is 0.681. The van der Waals surface area contributed by atoms with E-state index in [0.29, 0.717) is 28.5 Å². The van der Waals surface area contributed by atoms with Crippen LogP contribution in [0.4, 0.5) is 5.69 Å². The Morgan fingerprint density at radius 2 is 1.75 bits per heavy atom. The van der Waals surface area contributed by atoms with Gasteiger partial charge in [-0.1, -0.05) is 38.1 Å². The van der Waals surface area contributed by atoms with E-state index in [4.69, 9.17) is 10.5 Å². The molecule has 104 valence electrons. The smallest absolute Gasteiger partial charge is 0.195 e. The van der Waals surface area contributed by atoms with Gasteiger partial charge in [-0.25, -0.2) is 0 Å². The standard InChI is InChI=1S/C17H19NO2/c1-11(2)12-4-6-13(7-5-12)17(19)15-10-14(20-3)8-9-16(15)18/h4-11H,18H2,1-3H3. The Morgan fingerprint density at radius 1 is 1.10 bits per heavy atom. The average Bonchev–Trinajstić information content (AvgIpc) is 2.47. The van der Waals surface area contributed by atoms with Crippen molar-refractivity contribution in [1.29, 1.82) is 0 Å². The summed E-state index contributed by atoms with van der Waals surface area (Å²) >= 11 is 0. The van der Waals surface area contributed by atoms with Gasteiger partial charge in [0.2, 0.25) is 0 Å². The molecule has 3 heteroatoms. The van der Waals surface area contributed by atoms with E-state index in [-0.39, 0.29) is 5.78 Å². The van der Waals surface area contributed by atoms with Crippen LogP contribution in [0.5, 0.6) is 5.75 Å². The van der Waals surface area contributed by atoms with Gasteiger partial charge in [-0.2, -0.15) is 0 Å². The minimum absolute atomic E-state index is 0.0864. The molecule has 3 nitrogen and oxygen atoms in total. The summed E-state index contributed by atoms with van der Waals surface area (Å²) in [6, 6.07) is 12.8. The molecule has 0 atom stereocenters. The summed E-state index contributed by atoms with van der Waals surface area (Å²) < 4.78 is 5.14. The highest BCUT2D eigenvalue weighted by atomic mass is 16.5. The third kappa shape index (κ3) is 2.82. The van der Waals surface area contributed by atoms with E-state index in [1.54, 1.807) is 25.3 Å². The van der Waals surface area contributed by atoms with E-state index in [2.05, 4.69) is 13.8 Å². The van der Waals surface area contributed by atoms with Crippen molar-refractivity contribution in [2.45, 2.75) is 19.8 Å². The van der Waals surface area contributed by atoms with E-state index in [1.807, 2.05) is 24.3 Å². The van der Waals surface area contributed by atoms with Gasteiger partial charge < -0.3 is 10.5 Å². The molecule has 0 aliphatic heterocycles. The van der Waals surface area contributed by atoms with Crippen LogP contribution in [0.3, 0.4) is 0 Å². The van der Waals surface area contributed by atoms with E-state index < -0.39 is 0 Å². The molecular weight excluding hydrogens is 250 g/mol. The monoisotopic (exact) mass is 269 g/mol. The molecular formula is C17H19NO2. The summed E-state index contributed by atoms with van der Waals surface area (Å²) in [6.07, 6.45) is 0. The number of ketones is 1. The molecule has 20 heavy (non-hydrogen) atoms. The van der Waals surface area contributed by atoms with Gasteiger partial charge >= 0.3 is 0 Å². The zero-order chi connectivity index (χ0) is 14.7. The maximum Gasteiger partial charge on any atom is 0.195 e. The van der Waals surface area contributed by atoms with Gasteiger partial charge in [0.15, 0.2) is 5.78 Å². The number of hydrogen-bond acceptors (Lipinski definition) is 3. The zero-order valence-electron chi connectivity index (χ0n) is 12.0. The first-order valence-corrected chi connectivity index (χ1v) is 6.61. The number of rotatable bonds is 4. The first kappa shape index (κ1) is 14.1. The number of anilines is 1. The molecule has 0 saturated carbocycles. The molecule has 2 N–H and O–H groups in total. The van der Waals surface area contributed by atoms with Crippen molar-refractivity contribution in [3.05, 3.63) is 59.2 Å². The van der Waals surface area contributed by atoms with Crippen LogP contribution in [0.2, 0.25) is 0 Å². The molecule has 0 aliphatic carbocycles. The lowest BCUT2D eigenvalue weighted by Crippen LogP contribution is -2.06. The number of nitrogen functional groups attached to an aromatic ring is 1. The third-order valence-corrected chi connectivity index (χ3v) is 3.34. The topological polar surface area (TPSA) is 52.3 Å². The Kier molecular flexibility index (Phi) is 4.08. The molecule has 2 aromatic carbocycles. The number of ether oxygens (including phenoxy) is 1. The maximum atomic E-state index is 12.5. The van der Waals surface area contributed by atoms with Crippen molar-refractivity contribution >= 4 is 11.5 Å². The molecule has 2 rings (SSSR count). The Bertz CT molecular complexity index is 615. The van der Waals surface area contributed by atoms with Gasteiger partial charge in [-0.15, -0.1) is 0 Å². The molecule has 0 fully saturated rings. The SMILES string of the molecule is COc1ccc(N)c(C(=O)c2ccc(C(C)C)cc2)c1. The highest BCUT2D eigenvalue weighted by molar-refractivity contribution is 6.12. The molecule has 0 aromatic heterocycles. The maximum absolute atomic E-state index is 12.5. The van der Waals surface area contributed by atoms with Gasteiger partial charge in [0.25, 0.3) is 0 Å². The fourth-order valence-electron chi connectivity index (χ4n) is 2.03. The highest BCUT2D eigenvalue weighted by Crippen LogP contribution is 2.23. The van der Waals surface area contributed by atoms with E-state index in [0.717, 1.165) is 0 Å². The molecule has 0 unspecified atom stereocenters. The minimum Gasteiger partial charge on any atom is -0.497 e. The van der Waals surface area contributed by atoms with Gasteiger partial charge in [-0.05, 0) is 29.7 Å². The van der Waals surface area contributed by atoms with Gasteiger partial charge in [0.05, 0.1) is 7.11 Å². The number of hydrogen-bond donors (Lipinski definition) is 1. The van der Waals surface area contributed by atoms with Gasteiger partial charge in [0, 0.05) is 16.8 Å². The predicted molar refractivity (Wildman–Crippen MR) is 81.4 cm³/mol. The lowest BCUT2D eigenvalue weighted by Gasteiger charge is -2.09. The van der Waals surface area contributed by atoms with E-state index in [1.165, 1.54) is 5.56 Å². The molecule has 0 saturated heterocycles. The van der Waals surface area contributed by atoms with Crippen LogP contribution in [-0.4, -0.2) is 12.9 Å². The summed E-state index contributed by atoms with van der Waals surface area (Å²) in [5.41, 5.74) is 8.66. The fraction of sp³-hybridized carbons (Fsp3) is 0.235. The summed E-state index contributed by atoms with van der Waals surface area (Å²) in [7, 11) is 1.57. The number of benzene rings is 2. The van der Waals surface area contributed by atoms with Crippen molar-refractivity contribution in [2.24, 2.45) is 0 Å². The first-order chi connectivity index (χ1) is 9.52. The van der Waals surface area contributed by atoms with Crippen LogP contribution in [-0.2, 0) is 0 Å². The van der Waals surface area contributed by atoms with Crippen LogP contribution < -0.4 is 10.5 Å². The number of carbonyl (C=O) groups excluding carboxylic acids is 1. The van der Waals surface area contributed by atoms with Gasteiger partial charge in [-0.3, -0.25) is 4.79 Å². The Hall–Kier alpha value is -2.29. The molecule has 0 radical (unpaired) electrons. The molecule has 2 aromatic rings. The van der Waals surface area contributed by atoms with Crippen molar-refractivity contribution in [2.75, 3.05) is 12.8 Å². The second-order valence-electron chi connectivity index (χ2n) is 5.06. The summed E-state index contributed by atoms with van der Waals surface area (Å²) in [5.74, 6) is 0.985. The second kappa shape index (κ2) is 5.78. The van der Waals surface area contributed by atoms with Crippen LogP contribution in [0.25, 0.3) is 0 Å². The Labute approximate surface area is 119 Å². The Balaban J connectivity index is 2.35. The zero-order valence-corrected chi connectivity index (χ0v) is 12.0. The third-order valence-electron chi connectivity index (χ3n) is 3.34. The largest absolute Gasteiger partial charge is 0.497 e. The summed E-state index contributed by atoms with van der Waals surface area (Å²) in [5, 5.41) is 0. The Morgan fingerprint density at radius 3 is 2.30 bits per heavy atom. The molecule has 0 spiro atoms. The average molecular weight is 269 g/mol. The molecule has 0 amide bonds. The molecule has 0 heterocycles. The normalized spacial score (nSPS) is 10.6. The highest BCUT2D eigenvalue weighted by Gasteiger charge is 2.13. The number of nitrogens with two attached hydrogens (primary N) is 1. The van der Waals surface area contributed by atoms with Crippen LogP contribution >= 0.6 is 0 Å². The number of methoxy groups -OCH3 is 1. The van der Waals surface area contributed by atoms with E-state index in [9.17, 15) is 4.79 Å². The first-order valence-electron chi connectivity index (χ1n) is 6.61. The lowest BCUT2D eigenvalue weighted by atomic mass is 9.97. The van der Waals surface area contributed by atoms with Crippen LogP contribution in [0, 0.1) is 0 Å². The molecule has 0 bridgehead atoms. The van der Waals surface area contributed by atoms with E-state index >= 15 is 0 Å². The van der Waals surface area contributed by atoms with Crippen LogP contribution in [0.15, 0.2) is 42.5 Å². The van der Waals surface area contributed by atoms with Crippen molar-refractivity contribution in [3.8, 4) is 5.75 Å². The summed E-state index contributed by atoms with van der Waals surface area (Å²) in [6.45, 7) is 4.24. The van der Waals surface area contributed by atoms with Crippen molar-refractivity contribution < 1.29 is 9.53 Å². The lowest BCUT2D eigenvalue weighted by molar-refractivity contribution is 0.103. The number of carbonyl (C=O) groups is 1.